The molecule has 2 N–H and O–H groups in total. The van der Waals surface area contributed by atoms with E-state index in [1.165, 1.54) is 0 Å². The molecule has 0 bridgehead atoms. The number of aromatic nitrogens is 4. The van der Waals surface area contributed by atoms with Crippen molar-refractivity contribution >= 4 is 5.69 Å². The van der Waals surface area contributed by atoms with Gasteiger partial charge in [-0.2, -0.15) is 0 Å². The first-order valence-electron chi connectivity index (χ1n) is 4.97. The number of nitrogens with zero attached hydrogens (tertiary/aromatic N) is 4. The number of rotatable bonds is 3. The van der Waals surface area contributed by atoms with E-state index in [-0.39, 0.29) is 0 Å². The van der Waals surface area contributed by atoms with Crippen molar-refractivity contribution in [1.82, 2.24) is 20.2 Å². The van der Waals surface area contributed by atoms with Gasteiger partial charge in [0.25, 0.3) is 0 Å². The van der Waals surface area contributed by atoms with Crippen LogP contribution in [0, 0.1) is 0 Å². The van der Waals surface area contributed by atoms with Gasteiger partial charge in [0, 0.05) is 12.2 Å². The second-order valence-electron chi connectivity index (χ2n) is 3.24. The molecule has 6 heteroatoms. The Labute approximate surface area is 93.0 Å². The Hall–Kier alpha value is -2.11. The molecule has 0 fully saturated rings. The normalized spacial score (nSPS) is 10.4. The summed E-state index contributed by atoms with van der Waals surface area (Å²) in [4.78, 5) is 0. The van der Waals surface area contributed by atoms with Gasteiger partial charge in [0.1, 0.15) is 5.75 Å². The number of nitrogen functional groups attached to an aromatic ring is 1. The van der Waals surface area contributed by atoms with Crippen LogP contribution in [0.15, 0.2) is 18.2 Å². The van der Waals surface area contributed by atoms with Crippen LogP contribution in [-0.4, -0.2) is 27.3 Å². The Morgan fingerprint density at radius 3 is 2.94 bits per heavy atom. The van der Waals surface area contributed by atoms with Crippen LogP contribution in [0.4, 0.5) is 5.69 Å². The summed E-state index contributed by atoms with van der Waals surface area (Å²) in [6, 6.07) is 5.46. The molecular weight excluding hydrogens is 206 g/mol. The van der Waals surface area contributed by atoms with Gasteiger partial charge in [-0.05, 0) is 29.5 Å². The lowest BCUT2D eigenvalue weighted by atomic mass is 10.1. The minimum atomic E-state index is 0.601. The van der Waals surface area contributed by atoms with Crippen LogP contribution in [0.25, 0.3) is 11.4 Å². The number of hydrogen-bond donors (Lipinski definition) is 1. The van der Waals surface area contributed by atoms with Crippen molar-refractivity contribution in [2.75, 3.05) is 12.8 Å². The second-order valence-corrected chi connectivity index (χ2v) is 3.24. The number of methoxy groups -OCH3 is 1. The molecule has 1 heterocycles. The number of aryl methyl sites for hydroxylation is 1. The van der Waals surface area contributed by atoms with Gasteiger partial charge in [-0.15, -0.1) is 5.10 Å². The van der Waals surface area contributed by atoms with Gasteiger partial charge in [-0.1, -0.05) is 6.07 Å². The monoisotopic (exact) mass is 219 g/mol. The minimum absolute atomic E-state index is 0.601. The van der Waals surface area contributed by atoms with Crippen LogP contribution in [0.2, 0.25) is 0 Å². The third-order valence-corrected chi connectivity index (χ3v) is 2.33. The molecule has 0 atom stereocenters. The summed E-state index contributed by atoms with van der Waals surface area (Å²) < 4.78 is 6.94. The molecule has 6 nitrogen and oxygen atoms in total. The van der Waals surface area contributed by atoms with E-state index in [1.807, 2.05) is 19.1 Å². The van der Waals surface area contributed by atoms with Crippen LogP contribution >= 0.6 is 0 Å². The fraction of sp³-hybridized carbons (Fsp3) is 0.300. The molecule has 0 saturated carbocycles. The van der Waals surface area contributed by atoms with Crippen LogP contribution in [-0.2, 0) is 6.54 Å². The largest absolute Gasteiger partial charge is 0.496 e. The number of benzene rings is 1. The molecule has 0 saturated heterocycles. The van der Waals surface area contributed by atoms with E-state index in [4.69, 9.17) is 10.5 Å². The summed E-state index contributed by atoms with van der Waals surface area (Å²) in [6.45, 7) is 2.64. The first kappa shape index (κ1) is 10.4. The first-order valence-corrected chi connectivity index (χ1v) is 4.97. The zero-order chi connectivity index (χ0) is 11.5. The molecule has 0 aliphatic carbocycles. The van der Waals surface area contributed by atoms with Crippen molar-refractivity contribution in [2.24, 2.45) is 0 Å². The summed E-state index contributed by atoms with van der Waals surface area (Å²) >= 11 is 0. The lowest BCUT2D eigenvalue weighted by Crippen LogP contribution is -2.03. The topological polar surface area (TPSA) is 78.9 Å². The molecule has 0 amide bonds. The molecule has 1 aromatic carbocycles. The maximum atomic E-state index is 5.92. The Morgan fingerprint density at radius 1 is 1.44 bits per heavy atom. The first-order chi connectivity index (χ1) is 7.77. The predicted molar refractivity (Wildman–Crippen MR) is 59.9 cm³/mol. The van der Waals surface area contributed by atoms with Gasteiger partial charge in [-0.3, -0.25) is 0 Å². The van der Waals surface area contributed by atoms with E-state index in [2.05, 4.69) is 15.5 Å². The maximum absolute atomic E-state index is 5.92. The number of tetrazole rings is 1. The molecule has 0 aliphatic heterocycles. The molecule has 2 aromatic rings. The summed E-state index contributed by atoms with van der Waals surface area (Å²) in [6.07, 6.45) is 0. The highest BCUT2D eigenvalue weighted by Gasteiger charge is 2.15. The average molecular weight is 219 g/mol. The zero-order valence-electron chi connectivity index (χ0n) is 9.21. The summed E-state index contributed by atoms with van der Waals surface area (Å²) in [7, 11) is 1.60. The van der Waals surface area contributed by atoms with Gasteiger partial charge >= 0.3 is 0 Å². The van der Waals surface area contributed by atoms with Crippen LogP contribution in [0.3, 0.4) is 0 Å². The molecule has 0 spiro atoms. The number of nitrogens with two attached hydrogens (primary N) is 1. The van der Waals surface area contributed by atoms with E-state index in [1.54, 1.807) is 17.9 Å². The minimum Gasteiger partial charge on any atom is -0.496 e. The molecule has 84 valence electrons. The Bertz CT molecular complexity index is 494. The van der Waals surface area contributed by atoms with Gasteiger partial charge in [0.05, 0.1) is 12.7 Å². The highest BCUT2D eigenvalue weighted by molar-refractivity contribution is 5.77. The van der Waals surface area contributed by atoms with Gasteiger partial charge in [0.15, 0.2) is 5.82 Å². The van der Waals surface area contributed by atoms with Crippen molar-refractivity contribution in [2.45, 2.75) is 13.5 Å². The van der Waals surface area contributed by atoms with Crippen molar-refractivity contribution < 1.29 is 4.74 Å². The molecule has 16 heavy (non-hydrogen) atoms. The van der Waals surface area contributed by atoms with Crippen LogP contribution in [0.1, 0.15) is 6.92 Å². The molecule has 0 unspecified atom stereocenters. The lowest BCUT2D eigenvalue weighted by Gasteiger charge is -2.09. The third-order valence-electron chi connectivity index (χ3n) is 2.33. The SMILES string of the molecule is CCn1nnnc1-c1c(N)cccc1OC. The Morgan fingerprint density at radius 2 is 2.25 bits per heavy atom. The average Bonchev–Trinajstić information content (AvgIpc) is 2.76. The van der Waals surface area contributed by atoms with Crippen molar-refractivity contribution in [1.29, 1.82) is 0 Å². The standard InChI is InChI=1S/C10H13N5O/c1-3-15-10(12-13-14-15)9-7(11)5-4-6-8(9)16-2/h4-6H,3,11H2,1-2H3. The quantitative estimate of drug-likeness (QED) is 0.777. The molecular formula is C10H13N5O. The van der Waals surface area contributed by atoms with Crippen LogP contribution < -0.4 is 10.5 Å². The van der Waals surface area contributed by atoms with Crippen LogP contribution in [0.5, 0.6) is 5.75 Å². The fourth-order valence-corrected chi connectivity index (χ4v) is 1.55. The molecule has 0 aliphatic rings. The fourth-order valence-electron chi connectivity index (χ4n) is 1.55. The van der Waals surface area contributed by atoms with E-state index < -0.39 is 0 Å². The highest BCUT2D eigenvalue weighted by atomic mass is 16.5. The number of anilines is 1. The summed E-state index contributed by atoms with van der Waals surface area (Å²) in [5.74, 6) is 1.29. The van der Waals surface area contributed by atoms with Gasteiger partial charge in [-0.25, -0.2) is 4.68 Å². The summed E-state index contributed by atoms with van der Waals surface area (Å²) in [5, 5.41) is 11.5. The van der Waals surface area contributed by atoms with Crippen molar-refractivity contribution in [3.05, 3.63) is 18.2 Å². The lowest BCUT2D eigenvalue weighted by molar-refractivity contribution is 0.416. The van der Waals surface area contributed by atoms with Crippen molar-refractivity contribution in [3.63, 3.8) is 0 Å². The predicted octanol–water partition coefficient (Wildman–Crippen LogP) is 0.951. The second kappa shape index (κ2) is 4.18. The van der Waals surface area contributed by atoms with E-state index in [0.29, 0.717) is 23.8 Å². The van der Waals surface area contributed by atoms with E-state index >= 15 is 0 Å². The number of hydrogen-bond acceptors (Lipinski definition) is 5. The van der Waals surface area contributed by atoms with E-state index in [0.717, 1.165) is 5.56 Å². The van der Waals surface area contributed by atoms with Crippen molar-refractivity contribution in [3.8, 4) is 17.1 Å². The number of ether oxygens (including phenoxy) is 1. The van der Waals surface area contributed by atoms with Gasteiger partial charge < -0.3 is 10.5 Å². The summed E-state index contributed by atoms with van der Waals surface area (Å²) in [5.41, 5.74) is 7.26. The molecule has 2 rings (SSSR count). The third kappa shape index (κ3) is 1.58. The smallest absolute Gasteiger partial charge is 0.187 e. The Kier molecular flexibility index (Phi) is 2.72. The molecule has 0 radical (unpaired) electrons. The van der Waals surface area contributed by atoms with E-state index in [9.17, 15) is 0 Å². The maximum Gasteiger partial charge on any atom is 0.187 e. The highest BCUT2D eigenvalue weighted by Crippen LogP contribution is 2.33. The van der Waals surface area contributed by atoms with Gasteiger partial charge in [0.2, 0.25) is 0 Å². The zero-order valence-corrected chi connectivity index (χ0v) is 9.21. The Balaban J connectivity index is 2.63. The molecule has 1 aromatic heterocycles.